The molecule has 0 unspecified atom stereocenters. The highest BCUT2D eigenvalue weighted by atomic mass is 35.5. The maximum Gasteiger partial charge on any atom is 0.416 e. The van der Waals surface area contributed by atoms with Crippen LogP contribution in [0.4, 0.5) is 17.6 Å². The van der Waals surface area contributed by atoms with Crippen LogP contribution >= 0.6 is 12.4 Å². The quantitative estimate of drug-likeness (QED) is 0.655. The minimum absolute atomic E-state index is 0. The van der Waals surface area contributed by atoms with E-state index >= 15 is 0 Å². The zero-order valence-corrected chi connectivity index (χ0v) is 9.61. The van der Waals surface area contributed by atoms with Crippen LogP contribution in [0.25, 0.3) is 0 Å². The third-order valence-corrected chi connectivity index (χ3v) is 2.14. The molecule has 1 rings (SSSR count). The van der Waals surface area contributed by atoms with Crippen LogP contribution in [0.3, 0.4) is 0 Å². The highest BCUT2D eigenvalue weighted by Gasteiger charge is 2.31. The predicted octanol–water partition coefficient (Wildman–Crippen LogP) is 3.84. The Morgan fingerprint density at radius 3 is 2.41 bits per heavy atom. The molecule has 0 saturated carbocycles. The van der Waals surface area contributed by atoms with E-state index in [-0.39, 0.29) is 24.4 Å². The summed E-state index contributed by atoms with van der Waals surface area (Å²) in [6.45, 7) is 3.40. The van der Waals surface area contributed by atoms with Crippen LogP contribution in [-0.4, -0.2) is 0 Å². The van der Waals surface area contributed by atoms with Gasteiger partial charge in [-0.1, -0.05) is 6.08 Å². The Balaban J connectivity index is 0.00000256. The summed E-state index contributed by atoms with van der Waals surface area (Å²) in [6.07, 6.45) is -2.83. The summed E-state index contributed by atoms with van der Waals surface area (Å²) in [5.74, 6) is -0.734. The van der Waals surface area contributed by atoms with Gasteiger partial charge in [0, 0.05) is 11.6 Å². The lowest BCUT2D eigenvalue weighted by molar-refractivity contribution is -0.137. The van der Waals surface area contributed by atoms with E-state index in [2.05, 4.69) is 6.58 Å². The molecule has 0 aliphatic rings. The minimum atomic E-state index is -4.49. The van der Waals surface area contributed by atoms with Crippen molar-refractivity contribution in [3.8, 4) is 0 Å². The molecule has 0 amide bonds. The van der Waals surface area contributed by atoms with Crippen LogP contribution in [0.5, 0.6) is 0 Å². The van der Waals surface area contributed by atoms with Gasteiger partial charge in [-0.3, -0.25) is 0 Å². The maximum atomic E-state index is 13.2. The molecule has 0 spiro atoms. The van der Waals surface area contributed by atoms with Gasteiger partial charge in [0.2, 0.25) is 0 Å². The van der Waals surface area contributed by atoms with Crippen molar-refractivity contribution >= 4 is 12.4 Å². The second-order valence-electron chi connectivity index (χ2n) is 3.36. The van der Waals surface area contributed by atoms with Crippen LogP contribution < -0.4 is 5.73 Å². The van der Waals surface area contributed by atoms with Crippen LogP contribution in [0.2, 0.25) is 0 Å². The third-order valence-electron chi connectivity index (χ3n) is 2.14. The van der Waals surface area contributed by atoms with Crippen molar-refractivity contribution in [2.45, 2.75) is 18.6 Å². The minimum Gasteiger partial charge on any atom is -0.324 e. The van der Waals surface area contributed by atoms with E-state index in [1.165, 1.54) is 6.08 Å². The molecule has 0 heterocycles. The monoisotopic (exact) mass is 269 g/mol. The van der Waals surface area contributed by atoms with Gasteiger partial charge in [0.1, 0.15) is 5.82 Å². The Kier molecular flexibility index (Phi) is 5.64. The van der Waals surface area contributed by atoms with Gasteiger partial charge in [-0.2, -0.15) is 13.2 Å². The van der Waals surface area contributed by atoms with Crippen LogP contribution in [0, 0.1) is 5.82 Å². The topological polar surface area (TPSA) is 26.0 Å². The number of hydrogen-bond acceptors (Lipinski definition) is 1. The summed E-state index contributed by atoms with van der Waals surface area (Å²) in [4.78, 5) is 0. The van der Waals surface area contributed by atoms with E-state index < -0.39 is 23.6 Å². The van der Waals surface area contributed by atoms with Gasteiger partial charge in [0.25, 0.3) is 0 Å². The Bertz CT molecular complexity index is 390. The Hall–Kier alpha value is -1.07. The Labute approximate surface area is 103 Å². The molecule has 1 aromatic carbocycles. The maximum absolute atomic E-state index is 13.2. The second-order valence-corrected chi connectivity index (χ2v) is 3.36. The zero-order chi connectivity index (χ0) is 12.3. The fourth-order valence-electron chi connectivity index (χ4n) is 1.31. The normalized spacial score (nSPS) is 12.8. The molecular formula is C11H12ClF4N. The van der Waals surface area contributed by atoms with E-state index in [1.807, 2.05) is 0 Å². The van der Waals surface area contributed by atoms with Crippen molar-refractivity contribution in [2.75, 3.05) is 0 Å². The predicted molar refractivity (Wildman–Crippen MR) is 60.4 cm³/mol. The lowest BCUT2D eigenvalue weighted by Crippen LogP contribution is -2.13. The summed E-state index contributed by atoms with van der Waals surface area (Å²) in [7, 11) is 0. The van der Waals surface area contributed by atoms with Gasteiger partial charge in [0.05, 0.1) is 5.56 Å². The van der Waals surface area contributed by atoms with Crippen molar-refractivity contribution in [1.29, 1.82) is 0 Å². The average molecular weight is 270 g/mol. The molecule has 0 aliphatic carbocycles. The van der Waals surface area contributed by atoms with Crippen molar-refractivity contribution in [1.82, 2.24) is 0 Å². The number of benzene rings is 1. The van der Waals surface area contributed by atoms with Crippen molar-refractivity contribution < 1.29 is 17.6 Å². The third kappa shape index (κ3) is 4.02. The fraction of sp³-hybridized carbons (Fsp3) is 0.273. The number of alkyl halides is 3. The van der Waals surface area contributed by atoms with E-state index in [0.29, 0.717) is 6.07 Å². The molecule has 2 N–H and O–H groups in total. The molecule has 1 atom stereocenters. The number of nitrogens with two attached hydrogens (primary N) is 1. The highest BCUT2D eigenvalue weighted by molar-refractivity contribution is 5.85. The first-order valence-electron chi connectivity index (χ1n) is 4.59. The summed E-state index contributed by atoms with van der Waals surface area (Å²) in [5.41, 5.74) is 4.50. The molecule has 0 fully saturated rings. The lowest BCUT2D eigenvalue weighted by atomic mass is 10.0. The van der Waals surface area contributed by atoms with E-state index in [9.17, 15) is 17.6 Å². The largest absolute Gasteiger partial charge is 0.416 e. The molecule has 0 saturated heterocycles. The zero-order valence-electron chi connectivity index (χ0n) is 8.80. The molecule has 0 radical (unpaired) electrons. The van der Waals surface area contributed by atoms with Crippen LogP contribution in [0.1, 0.15) is 23.6 Å². The molecule has 1 nitrogen and oxygen atoms in total. The second kappa shape index (κ2) is 6.02. The smallest absolute Gasteiger partial charge is 0.324 e. The molecule has 1 aromatic rings. The van der Waals surface area contributed by atoms with E-state index in [4.69, 9.17) is 5.73 Å². The first kappa shape index (κ1) is 15.9. The first-order valence-corrected chi connectivity index (χ1v) is 4.59. The highest BCUT2D eigenvalue weighted by Crippen LogP contribution is 2.31. The van der Waals surface area contributed by atoms with Gasteiger partial charge in [-0.05, 0) is 24.6 Å². The molecule has 0 bridgehead atoms. The molecular weight excluding hydrogens is 258 g/mol. The van der Waals surface area contributed by atoms with Gasteiger partial charge < -0.3 is 5.73 Å². The Morgan fingerprint density at radius 2 is 1.94 bits per heavy atom. The molecule has 6 heteroatoms. The standard InChI is InChI=1S/C11H11F4N.ClH/c1-2-3-10(16)8-6-7(11(13,14)15)4-5-9(8)12;/h2,4-6,10H,1,3,16H2;1H/t10-;/m1./s1. The molecule has 0 aromatic heterocycles. The van der Waals surface area contributed by atoms with Crippen molar-refractivity contribution in [3.05, 3.63) is 47.8 Å². The average Bonchev–Trinajstić information content (AvgIpc) is 2.16. The molecule has 0 aliphatic heterocycles. The van der Waals surface area contributed by atoms with Crippen LogP contribution in [0.15, 0.2) is 30.9 Å². The Morgan fingerprint density at radius 1 is 1.35 bits per heavy atom. The SMILES string of the molecule is C=CC[C@@H](N)c1cc(C(F)(F)F)ccc1F.Cl. The fourth-order valence-corrected chi connectivity index (χ4v) is 1.31. The summed E-state index contributed by atoms with van der Waals surface area (Å²) in [6, 6.07) is 1.41. The molecule has 17 heavy (non-hydrogen) atoms. The van der Waals surface area contributed by atoms with Gasteiger partial charge in [-0.25, -0.2) is 4.39 Å². The van der Waals surface area contributed by atoms with Gasteiger partial charge in [0.15, 0.2) is 0 Å². The molecule has 96 valence electrons. The summed E-state index contributed by atoms with van der Waals surface area (Å²) < 4.78 is 50.3. The van der Waals surface area contributed by atoms with Crippen molar-refractivity contribution in [2.24, 2.45) is 5.73 Å². The number of hydrogen-bond donors (Lipinski definition) is 1. The number of rotatable bonds is 3. The number of halogens is 5. The van der Waals surface area contributed by atoms with E-state index in [0.717, 1.165) is 12.1 Å². The lowest BCUT2D eigenvalue weighted by Gasteiger charge is -2.13. The summed E-state index contributed by atoms with van der Waals surface area (Å²) in [5, 5.41) is 0. The van der Waals surface area contributed by atoms with Crippen LogP contribution in [-0.2, 0) is 6.18 Å². The van der Waals surface area contributed by atoms with Gasteiger partial charge in [-0.15, -0.1) is 19.0 Å². The first-order chi connectivity index (χ1) is 7.36. The summed E-state index contributed by atoms with van der Waals surface area (Å²) >= 11 is 0. The van der Waals surface area contributed by atoms with Crippen molar-refractivity contribution in [3.63, 3.8) is 0 Å². The van der Waals surface area contributed by atoms with E-state index in [1.54, 1.807) is 0 Å². The van der Waals surface area contributed by atoms with Gasteiger partial charge >= 0.3 is 6.18 Å².